The molecule has 6 nitrogen and oxygen atoms in total. The molecule has 3 rings (SSSR count). The summed E-state index contributed by atoms with van der Waals surface area (Å²) in [7, 11) is 0. The van der Waals surface area contributed by atoms with Gasteiger partial charge in [0.2, 0.25) is 0 Å². The zero-order valence-electron chi connectivity index (χ0n) is 9.50. The van der Waals surface area contributed by atoms with Gasteiger partial charge in [-0.25, -0.2) is 9.97 Å². The van der Waals surface area contributed by atoms with Crippen molar-refractivity contribution >= 4 is 6.47 Å². The minimum atomic E-state index is -0.250. The SMILES string of the molecule is Cc1[nH]cnc1-c1nccn1C1CC1.O=CO. The monoisotopic (exact) mass is 234 g/mol. The first-order chi connectivity index (χ1) is 8.27. The van der Waals surface area contributed by atoms with Crippen molar-refractivity contribution in [1.82, 2.24) is 19.5 Å². The molecule has 0 atom stereocenters. The Hall–Kier alpha value is -2.11. The first-order valence-electron chi connectivity index (χ1n) is 5.39. The van der Waals surface area contributed by atoms with E-state index in [-0.39, 0.29) is 6.47 Å². The number of aryl methyl sites for hydroxylation is 1. The third kappa shape index (κ3) is 2.35. The average Bonchev–Trinajstić information content (AvgIpc) is 2.87. The van der Waals surface area contributed by atoms with E-state index in [1.165, 1.54) is 12.8 Å². The Bertz CT molecular complexity index is 499. The van der Waals surface area contributed by atoms with Crippen molar-refractivity contribution in [3.05, 3.63) is 24.4 Å². The lowest BCUT2D eigenvalue weighted by atomic mass is 10.3. The largest absolute Gasteiger partial charge is 0.483 e. The van der Waals surface area contributed by atoms with Crippen molar-refractivity contribution in [3.8, 4) is 11.5 Å². The molecule has 90 valence electrons. The van der Waals surface area contributed by atoms with Gasteiger partial charge in [0.15, 0.2) is 5.82 Å². The van der Waals surface area contributed by atoms with Crippen molar-refractivity contribution in [1.29, 1.82) is 0 Å². The molecule has 6 heteroatoms. The van der Waals surface area contributed by atoms with Crippen LogP contribution in [-0.4, -0.2) is 31.1 Å². The highest BCUT2D eigenvalue weighted by molar-refractivity contribution is 5.53. The number of nitrogens with zero attached hydrogens (tertiary/aromatic N) is 3. The highest BCUT2D eigenvalue weighted by Crippen LogP contribution is 2.37. The summed E-state index contributed by atoms with van der Waals surface area (Å²) in [5.41, 5.74) is 2.06. The summed E-state index contributed by atoms with van der Waals surface area (Å²) >= 11 is 0. The van der Waals surface area contributed by atoms with Crippen LogP contribution in [0.1, 0.15) is 24.6 Å². The smallest absolute Gasteiger partial charge is 0.290 e. The lowest BCUT2D eigenvalue weighted by Gasteiger charge is -2.03. The lowest BCUT2D eigenvalue weighted by Crippen LogP contribution is -1.97. The van der Waals surface area contributed by atoms with Crippen molar-refractivity contribution in [2.24, 2.45) is 0 Å². The number of nitrogens with one attached hydrogen (secondary N) is 1. The van der Waals surface area contributed by atoms with E-state index in [4.69, 9.17) is 9.90 Å². The van der Waals surface area contributed by atoms with E-state index in [1.54, 1.807) is 6.33 Å². The highest BCUT2D eigenvalue weighted by Gasteiger charge is 2.26. The van der Waals surface area contributed by atoms with E-state index in [0.717, 1.165) is 17.2 Å². The van der Waals surface area contributed by atoms with Gasteiger partial charge in [-0.05, 0) is 19.8 Å². The Morgan fingerprint density at radius 1 is 1.53 bits per heavy atom. The van der Waals surface area contributed by atoms with Gasteiger partial charge in [-0.3, -0.25) is 4.79 Å². The summed E-state index contributed by atoms with van der Waals surface area (Å²) in [6, 6.07) is 0.656. The Morgan fingerprint density at radius 3 is 2.76 bits per heavy atom. The molecule has 1 fully saturated rings. The first-order valence-corrected chi connectivity index (χ1v) is 5.39. The zero-order valence-corrected chi connectivity index (χ0v) is 9.50. The standard InChI is InChI=1S/C10H12N4.CH2O2/c1-7-9(13-6-12-7)10-11-4-5-14(10)8-2-3-8;2-1-3/h4-6,8H,2-3H2,1H3,(H,12,13);1H,(H,2,3). The number of aromatic amines is 1. The van der Waals surface area contributed by atoms with Gasteiger partial charge in [0.05, 0.1) is 6.33 Å². The first kappa shape index (κ1) is 11.4. The van der Waals surface area contributed by atoms with Crippen LogP contribution in [0.25, 0.3) is 11.5 Å². The maximum atomic E-state index is 8.36. The predicted molar refractivity (Wildman–Crippen MR) is 61.5 cm³/mol. The minimum absolute atomic E-state index is 0.250. The number of rotatable bonds is 2. The fourth-order valence-electron chi connectivity index (χ4n) is 1.73. The van der Waals surface area contributed by atoms with Gasteiger partial charge in [0.1, 0.15) is 5.69 Å². The molecule has 0 bridgehead atoms. The summed E-state index contributed by atoms with van der Waals surface area (Å²) in [5, 5.41) is 6.89. The second kappa shape index (κ2) is 4.82. The zero-order chi connectivity index (χ0) is 12.3. The van der Waals surface area contributed by atoms with Crippen molar-refractivity contribution in [3.63, 3.8) is 0 Å². The van der Waals surface area contributed by atoms with E-state index in [9.17, 15) is 0 Å². The number of carbonyl (C=O) groups is 1. The summed E-state index contributed by atoms with van der Waals surface area (Å²) in [4.78, 5) is 20.1. The fraction of sp³-hybridized carbons (Fsp3) is 0.364. The Labute approximate surface area is 98.3 Å². The Morgan fingerprint density at radius 2 is 2.24 bits per heavy atom. The van der Waals surface area contributed by atoms with E-state index in [0.29, 0.717) is 6.04 Å². The summed E-state index contributed by atoms with van der Waals surface area (Å²) in [6.45, 7) is 1.77. The third-order valence-electron chi connectivity index (χ3n) is 2.65. The number of hydrogen-bond donors (Lipinski definition) is 2. The molecule has 1 aliphatic rings. The summed E-state index contributed by atoms with van der Waals surface area (Å²) < 4.78 is 2.23. The molecule has 2 heterocycles. The lowest BCUT2D eigenvalue weighted by molar-refractivity contribution is -0.122. The molecule has 0 unspecified atom stereocenters. The van der Waals surface area contributed by atoms with Crippen LogP contribution in [0.15, 0.2) is 18.7 Å². The number of H-pyrrole nitrogens is 1. The highest BCUT2D eigenvalue weighted by atomic mass is 16.3. The van der Waals surface area contributed by atoms with Gasteiger partial charge in [-0.1, -0.05) is 0 Å². The van der Waals surface area contributed by atoms with Crippen molar-refractivity contribution in [2.45, 2.75) is 25.8 Å². The Kier molecular flexibility index (Phi) is 3.22. The van der Waals surface area contributed by atoms with Crippen LogP contribution >= 0.6 is 0 Å². The fourth-order valence-corrected chi connectivity index (χ4v) is 1.73. The van der Waals surface area contributed by atoms with Gasteiger partial charge in [0.25, 0.3) is 6.47 Å². The molecule has 17 heavy (non-hydrogen) atoms. The van der Waals surface area contributed by atoms with Gasteiger partial charge >= 0.3 is 0 Å². The molecule has 2 N–H and O–H groups in total. The predicted octanol–water partition coefficient (Wildman–Crippen LogP) is 1.62. The minimum Gasteiger partial charge on any atom is -0.483 e. The molecule has 0 aromatic carbocycles. The van der Waals surface area contributed by atoms with E-state index in [1.807, 2.05) is 19.3 Å². The van der Waals surface area contributed by atoms with Crippen LogP contribution in [0.3, 0.4) is 0 Å². The van der Waals surface area contributed by atoms with Gasteiger partial charge in [-0.15, -0.1) is 0 Å². The second-order valence-corrected chi connectivity index (χ2v) is 3.87. The van der Waals surface area contributed by atoms with Crippen LogP contribution in [0.5, 0.6) is 0 Å². The number of carboxylic acid groups (broad SMARTS) is 1. The molecule has 2 aromatic heterocycles. The van der Waals surface area contributed by atoms with Crippen LogP contribution < -0.4 is 0 Å². The maximum Gasteiger partial charge on any atom is 0.290 e. The average molecular weight is 234 g/mol. The molecular weight excluding hydrogens is 220 g/mol. The second-order valence-electron chi connectivity index (χ2n) is 3.87. The van der Waals surface area contributed by atoms with Crippen molar-refractivity contribution in [2.75, 3.05) is 0 Å². The van der Waals surface area contributed by atoms with E-state index in [2.05, 4.69) is 19.5 Å². The molecule has 2 aromatic rings. The molecule has 0 saturated heterocycles. The van der Waals surface area contributed by atoms with E-state index >= 15 is 0 Å². The summed E-state index contributed by atoms with van der Waals surface area (Å²) in [5.74, 6) is 0.992. The van der Waals surface area contributed by atoms with Crippen molar-refractivity contribution < 1.29 is 9.90 Å². The number of imidazole rings is 2. The number of hydrogen-bond acceptors (Lipinski definition) is 3. The van der Waals surface area contributed by atoms with Crippen LogP contribution in [0.2, 0.25) is 0 Å². The molecule has 1 aliphatic carbocycles. The van der Waals surface area contributed by atoms with Crippen LogP contribution in [0.4, 0.5) is 0 Å². The van der Waals surface area contributed by atoms with E-state index < -0.39 is 0 Å². The van der Waals surface area contributed by atoms with Crippen LogP contribution in [0, 0.1) is 6.92 Å². The molecule has 0 spiro atoms. The third-order valence-corrected chi connectivity index (χ3v) is 2.65. The molecule has 0 aliphatic heterocycles. The molecule has 1 saturated carbocycles. The Balaban J connectivity index is 0.000000329. The maximum absolute atomic E-state index is 8.36. The molecule has 0 amide bonds. The summed E-state index contributed by atoms with van der Waals surface area (Å²) in [6.07, 6.45) is 8.15. The van der Waals surface area contributed by atoms with Gasteiger partial charge in [-0.2, -0.15) is 0 Å². The van der Waals surface area contributed by atoms with Gasteiger partial charge in [0, 0.05) is 24.1 Å². The number of aromatic nitrogens is 4. The molecule has 0 radical (unpaired) electrons. The van der Waals surface area contributed by atoms with Crippen LogP contribution in [-0.2, 0) is 4.79 Å². The normalized spacial score (nSPS) is 13.9. The topological polar surface area (TPSA) is 83.8 Å². The van der Waals surface area contributed by atoms with Gasteiger partial charge < -0.3 is 14.7 Å². The quantitative estimate of drug-likeness (QED) is 0.773. The molecular formula is C11H14N4O2.